The lowest BCUT2D eigenvalue weighted by atomic mass is 10.1. The van der Waals surface area contributed by atoms with Gasteiger partial charge in [0.25, 0.3) is 0 Å². The molecular formula is C15H17NO. The molecule has 0 amide bonds. The van der Waals surface area contributed by atoms with E-state index in [0.717, 1.165) is 11.4 Å². The minimum absolute atomic E-state index is 0.881. The Hall–Kier alpha value is -1.96. The lowest BCUT2D eigenvalue weighted by Crippen LogP contribution is -2.10. The average molecular weight is 227 g/mol. The van der Waals surface area contributed by atoms with Gasteiger partial charge in [-0.15, -0.1) is 0 Å². The molecule has 0 unspecified atom stereocenters. The summed E-state index contributed by atoms with van der Waals surface area (Å²) in [5.41, 5.74) is 3.64. The maximum absolute atomic E-state index is 5.16. The summed E-state index contributed by atoms with van der Waals surface area (Å²) in [6.07, 6.45) is 0. The van der Waals surface area contributed by atoms with E-state index in [-0.39, 0.29) is 0 Å². The third-order valence-electron chi connectivity index (χ3n) is 2.94. The number of hydrogen-bond acceptors (Lipinski definition) is 2. The van der Waals surface area contributed by atoms with E-state index >= 15 is 0 Å². The van der Waals surface area contributed by atoms with Gasteiger partial charge >= 0.3 is 0 Å². The molecule has 0 aliphatic carbocycles. The van der Waals surface area contributed by atoms with Gasteiger partial charge in [-0.1, -0.05) is 18.2 Å². The fraction of sp³-hybridized carbons (Fsp3) is 0.200. The molecule has 0 spiro atoms. The van der Waals surface area contributed by atoms with Crippen molar-refractivity contribution in [3.8, 4) is 5.75 Å². The summed E-state index contributed by atoms with van der Waals surface area (Å²) in [5.74, 6) is 0.881. The van der Waals surface area contributed by atoms with E-state index in [1.54, 1.807) is 7.11 Å². The van der Waals surface area contributed by atoms with E-state index in [4.69, 9.17) is 4.74 Å². The van der Waals surface area contributed by atoms with Gasteiger partial charge in [0.15, 0.2) is 0 Å². The normalized spacial score (nSPS) is 10.1. The molecule has 0 fully saturated rings. The fourth-order valence-corrected chi connectivity index (χ4v) is 1.88. The molecule has 0 aliphatic rings. The third kappa shape index (κ3) is 2.41. The molecule has 2 nitrogen and oxygen atoms in total. The van der Waals surface area contributed by atoms with Crippen molar-refractivity contribution in [1.82, 2.24) is 0 Å². The summed E-state index contributed by atoms with van der Waals surface area (Å²) in [6, 6.07) is 16.4. The van der Waals surface area contributed by atoms with E-state index in [2.05, 4.69) is 55.3 Å². The lowest BCUT2D eigenvalue weighted by Gasteiger charge is -2.21. The highest BCUT2D eigenvalue weighted by Crippen LogP contribution is 2.27. The Morgan fingerprint density at radius 2 is 1.59 bits per heavy atom. The monoisotopic (exact) mass is 227 g/mol. The molecule has 2 heteroatoms. The Labute approximate surface area is 102 Å². The van der Waals surface area contributed by atoms with Crippen LogP contribution in [-0.2, 0) is 0 Å². The largest absolute Gasteiger partial charge is 0.497 e. The second-order valence-electron chi connectivity index (χ2n) is 4.04. The second-order valence-corrected chi connectivity index (χ2v) is 4.04. The van der Waals surface area contributed by atoms with Crippen LogP contribution >= 0.6 is 0 Å². The molecule has 0 atom stereocenters. The molecule has 0 bridgehead atoms. The highest BCUT2D eigenvalue weighted by molar-refractivity contribution is 5.65. The van der Waals surface area contributed by atoms with Crippen molar-refractivity contribution in [2.24, 2.45) is 0 Å². The highest BCUT2D eigenvalue weighted by Gasteiger charge is 2.05. The van der Waals surface area contributed by atoms with Gasteiger partial charge in [-0.3, -0.25) is 0 Å². The Balaban J connectivity index is 2.30. The van der Waals surface area contributed by atoms with Crippen LogP contribution in [0.3, 0.4) is 0 Å². The molecule has 2 rings (SSSR count). The van der Waals surface area contributed by atoms with Crippen LogP contribution < -0.4 is 9.64 Å². The van der Waals surface area contributed by atoms with Gasteiger partial charge in [0.1, 0.15) is 5.75 Å². The van der Waals surface area contributed by atoms with Crippen LogP contribution in [-0.4, -0.2) is 14.2 Å². The molecule has 2 aromatic carbocycles. The van der Waals surface area contributed by atoms with E-state index in [1.165, 1.54) is 11.3 Å². The second kappa shape index (κ2) is 4.91. The van der Waals surface area contributed by atoms with Crippen LogP contribution in [0.1, 0.15) is 5.56 Å². The van der Waals surface area contributed by atoms with E-state index in [0.29, 0.717) is 0 Å². The van der Waals surface area contributed by atoms with Crippen LogP contribution in [0, 0.1) is 6.92 Å². The minimum atomic E-state index is 0.881. The Bertz CT molecular complexity index is 491. The smallest absolute Gasteiger partial charge is 0.119 e. The number of nitrogens with zero attached hydrogens (tertiary/aromatic N) is 1. The number of rotatable bonds is 3. The number of ether oxygens (including phenoxy) is 1. The summed E-state index contributed by atoms with van der Waals surface area (Å²) in [6.45, 7) is 2.12. The van der Waals surface area contributed by atoms with Crippen molar-refractivity contribution in [2.45, 2.75) is 6.92 Å². The van der Waals surface area contributed by atoms with Gasteiger partial charge in [0.05, 0.1) is 7.11 Å². The number of hydrogen-bond donors (Lipinski definition) is 0. The van der Waals surface area contributed by atoms with Gasteiger partial charge in [-0.2, -0.15) is 0 Å². The number of aryl methyl sites for hydroxylation is 1. The highest BCUT2D eigenvalue weighted by atomic mass is 16.5. The Morgan fingerprint density at radius 1 is 0.941 bits per heavy atom. The molecular weight excluding hydrogens is 210 g/mol. The summed E-state index contributed by atoms with van der Waals surface area (Å²) in [7, 11) is 3.75. The van der Waals surface area contributed by atoms with Crippen molar-refractivity contribution in [2.75, 3.05) is 19.1 Å². The molecule has 0 aliphatic heterocycles. The zero-order valence-electron chi connectivity index (χ0n) is 10.5. The first kappa shape index (κ1) is 11.5. The zero-order valence-corrected chi connectivity index (χ0v) is 10.5. The quantitative estimate of drug-likeness (QED) is 0.791. The third-order valence-corrected chi connectivity index (χ3v) is 2.94. The molecule has 2 aromatic rings. The van der Waals surface area contributed by atoms with Crippen molar-refractivity contribution >= 4 is 11.4 Å². The lowest BCUT2D eigenvalue weighted by molar-refractivity contribution is 0.415. The zero-order chi connectivity index (χ0) is 12.3. The van der Waals surface area contributed by atoms with Crippen LogP contribution in [0.2, 0.25) is 0 Å². The van der Waals surface area contributed by atoms with Gasteiger partial charge in [0, 0.05) is 18.4 Å². The molecule has 0 heterocycles. The molecule has 17 heavy (non-hydrogen) atoms. The maximum Gasteiger partial charge on any atom is 0.119 e. The van der Waals surface area contributed by atoms with E-state index in [1.807, 2.05) is 12.1 Å². The van der Waals surface area contributed by atoms with Gasteiger partial charge in [-0.05, 0) is 42.8 Å². The van der Waals surface area contributed by atoms with Crippen LogP contribution in [0.5, 0.6) is 5.75 Å². The minimum Gasteiger partial charge on any atom is -0.497 e. The molecule has 0 N–H and O–H groups in total. The SMILES string of the molecule is COc1ccc(N(C)c2ccccc2C)cc1. The molecule has 0 saturated heterocycles. The first-order chi connectivity index (χ1) is 8.22. The molecule has 0 radical (unpaired) electrons. The standard InChI is InChI=1S/C15H17NO/c1-12-6-4-5-7-15(12)16(2)13-8-10-14(17-3)11-9-13/h4-11H,1-3H3. The van der Waals surface area contributed by atoms with Crippen LogP contribution in [0.25, 0.3) is 0 Å². The van der Waals surface area contributed by atoms with Crippen molar-refractivity contribution in [1.29, 1.82) is 0 Å². The van der Waals surface area contributed by atoms with Gasteiger partial charge in [0.2, 0.25) is 0 Å². The molecule has 0 aromatic heterocycles. The van der Waals surface area contributed by atoms with Crippen LogP contribution in [0.15, 0.2) is 48.5 Å². The number of para-hydroxylation sites is 1. The first-order valence-electron chi connectivity index (χ1n) is 5.66. The van der Waals surface area contributed by atoms with Crippen molar-refractivity contribution in [3.05, 3.63) is 54.1 Å². The maximum atomic E-state index is 5.16. The van der Waals surface area contributed by atoms with Crippen LogP contribution in [0.4, 0.5) is 11.4 Å². The van der Waals surface area contributed by atoms with Crippen molar-refractivity contribution in [3.63, 3.8) is 0 Å². The predicted molar refractivity (Wildman–Crippen MR) is 72.2 cm³/mol. The predicted octanol–water partition coefficient (Wildman–Crippen LogP) is 3.77. The Morgan fingerprint density at radius 3 is 2.18 bits per heavy atom. The number of benzene rings is 2. The first-order valence-corrected chi connectivity index (χ1v) is 5.66. The Kier molecular flexibility index (Phi) is 3.33. The molecule has 88 valence electrons. The van der Waals surface area contributed by atoms with E-state index < -0.39 is 0 Å². The summed E-state index contributed by atoms with van der Waals surface area (Å²) in [4.78, 5) is 2.18. The van der Waals surface area contributed by atoms with E-state index in [9.17, 15) is 0 Å². The fourth-order valence-electron chi connectivity index (χ4n) is 1.88. The summed E-state index contributed by atoms with van der Waals surface area (Å²) in [5, 5.41) is 0. The van der Waals surface area contributed by atoms with Gasteiger partial charge in [-0.25, -0.2) is 0 Å². The number of methoxy groups -OCH3 is 1. The average Bonchev–Trinajstić information content (AvgIpc) is 2.39. The summed E-state index contributed by atoms with van der Waals surface area (Å²) < 4.78 is 5.16. The summed E-state index contributed by atoms with van der Waals surface area (Å²) >= 11 is 0. The topological polar surface area (TPSA) is 12.5 Å². The number of anilines is 2. The molecule has 0 saturated carbocycles. The van der Waals surface area contributed by atoms with Gasteiger partial charge < -0.3 is 9.64 Å². The van der Waals surface area contributed by atoms with Crippen molar-refractivity contribution < 1.29 is 4.74 Å².